The molecule has 190 valence electrons. The van der Waals surface area contributed by atoms with Crippen molar-refractivity contribution in [2.75, 3.05) is 24.5 Å². The molecule has 0 aliphatic carbocycles. The van der Waals surface area contributed by atoms with Gasteiger partial charge in [-0.05, 0) is 56.2 Å². The SMILES string of the molecule is CC(C)(C)OC(=O)N1C[C@@H](CN(Cc2ccccc2)c2ccc(Cl)cc2)[C@@H](OCc2ccccc2)C1. The van der Waals surface area contributed by atoms with Gasteiger partial charge in [-0.2, -0.15) is 0 Å². The second-order valence-electron chi connectivity index (χ2n) is 10.3. The van der Waals surface area contributed by atoms with Gasteiger partial charge in [0.2, 0.25) is 0 Å². The Morgan fingerprint density at radius 1 is 0.917 bits per heavy atom. The number of hydrogen-bond acceptors (Lipinski definition) is 4. The molecule has 1 aliphatic rings. The molecule has 0 radical (unpaired) electrons. The van der Waals surface area contributed by atoms with Crippen molar-refractivity contribution in [2.24, 2.45) is 5.92 Å². The minimum Gasteiger partial charge on any atom is -0.444 e. The first kappa shape index (κ1) is 26.1. The van der Waals surface area contributed by atoms with Crippen LogP contribution in [0, 0.1) is 5.92 Å². The Bertz CT molecular complexity index is 1100. The molecule has 6 heteroatoms. The first-order valence-electron chi connectivity index (χ1n) is 12.4. The maximum atomic E-state index is 12.9. The van der Waals surface area contributed by atoms with Crippen LogP contribution >= 0.6 is 11.6 Å². The van der Waals surface area contributed by atoms with E-state index in [1.165, 1.54) is 5.56 Å². The molecule has 1 aliphatic heterocycles. The maximum Gasteiger partial charge on any atom is 0.410 e. The molecular weight excluding hydrogens is 472 g/mol. The third-order valence-corrected chi connectivity index (χ3v) is 6.45. The Morgan fingerprint density at radius 3 is 2.14 bits per heavy atom. The largest absolute Gasteiger partial charge is 0.444 e. The fourth-order valence-electron chi connectivity index (χ4n) is 4.46. The smallest absolute Gasteiger partial charge is 0.410 e. The fourth-order valence-corrected chi connectivity index (χ4v) is 4.58. The van der Waals surface area contributed by atoms with Crippen LogP contribution in [-0.2, 0) is 22.6 Å². The molecule has 36 heavy (non-hydrogen) atoms. The minimum absolute atomic E-state index is 0.108. The topological polar surface area (TPSA) is 42.0 Å². The van der Waals surface area contributed by atoms with E-state index in [0.717, 1.165) is 24.3 Å². The Morgan fingerprint density at radius 2 is 1.53 bits per heavy atom. The van der Waals surface area contributed by atoms with Crippen molar-refractivity contribution in [1.82, 2.24) is 4.90 Å². The van der Waals surface area contributed by atoms with Crippen molar-refractivity contribution in [2.45, 2.75) is 45.6 Å². The highest BCUT2D eigenvalue weighted by Crippen LogP contribution is 2.28. The molecule has 0 bridgehead atoms. The van der Waals surface area contributed by atoms with Gasteiger partial charge >= 0.3 is 6.09 Å². The average Bonchev–Trinajstić information content (AvgIpc) is 3.26. The first-order chi connectivity index (χ1) is 17.3. The summed E-state index contributed by atoms with van der Waals surface area (Å²) in [5.41, 5.74) is 2.88. The van der Waals surface area contributed by atoms with E-state index >= 15 is 0 Å². The zero-order valence-electron chi connectivity index (χ0n) is 21.3. The third kappa shape index (κ3) is 7.49. The molecule has 3 aromatic rings. The van der Waals surface area contributed by atoms with Crippen molar-refractivity contribution >= 4 is 23.4 Å². The maximum absolute atomic E-state index is 12.9. The zero-order chi connectivity index (χ0) is 25.5. The lowest BCUT2D eigenvalue weighted by atomic mass is 10.0. The van der Waals surface area contributed by atoms with Gasteiger partial charge in [0.05, 0.1) is 19.3 Å². The summed E-state index contributed by atoms with van der Waals surface area (Å²) in [6.07, 6.45) is -0.400. The molecule has 0 unspecified atom stereocenters. The van der Waals surface area contributed by atoms with E-state index < -0.39 is 5.60 Å². The number of anilines is 1. The van der Waals surface area contributed by atoms with Crippen LogP contribution in [0.3, 0.4) is 0 Å². The normalized spacial score (nSPS) is 17.7. The highest BCUT2D eigenvalue weighted by atomic mass is 35.5. The van der Waals surface area contributed by atoms with Gasteiger partial charge in [-0.25, -0.2) is 4.79 Å². The van der Waals surface area contributed by atoms with Gasteiger partial charge in [0.15, 0.2) is 0 Å². The zero-order valence-corrected chi connectivity index (χ0v) is 22.0. The van der Waals surface area contributed by atoms with E-state index in [0.29, 0.717) is 24.7 Å². The highest BCUT2D eigenvalue weighted by molar-refractivity contribution is 6.30. The lowest BCUT2D eigenvalue weighted by molar-refractivity contribution is 0.0129. The number of nitrogens with zero attached hydrogens (tertiary/aromatic N) is 2. The summed E-state index contributed by atoms with van der Waals surface area (Å²) < 4.78 is 12.1. The molecule has 3 aromatic carbocycles. The molecule has 0 saturated carbocycles. The van der Waals surface area contributed by atoms with E-state index in [2.05, 4.69) is 41.3 Å². The van der Waals surface area contributed by atoms with Gasteiger partial charge in [0, 0.05) is 36.3 Å². The fraction of sp³-hybridized carbons (Fsp3) is 0.367. The summed E-state index contributed by atoms with van der Waals surface area (Å²) in [4.78, 5) is 17.1. The van der Waals surface area contributed by atoms with Crippen LogP contribution in [0.4, 0.5) is 10.5 Å². The predicted molar refractivity (Wildman–Crippen MR) is 145 cm³/mol. The molecule has 1 amide bonds. The van der Waals surface area contributed by atoms with Crippen molar-refractivity contribution in [1.29, 1.82) is 0 Å². The standard InChI is InChI=1S/C30H35ClN2O3/c1-30(2,3)36-29(34)33-20-25(28(21-33)35-22-24-12-8-5-9-13-24)19-32(18-23-10-6-4-7-11-23)27-16-14-26(31)15-17-27/h4-17,25,28H,18-22H2,1-3H3/t25-,28+/m1/s1. The summed E-state index contributed by atoms with van der Waals surface area (Å²) in [5, 5.41) is 0.708. The highest BCUT2D eigenvalue weighted by Gasteiger charge is 2.39. The van der Waals surface area contributed by atoms with E-state index in [4.69, 9.17) is 21.1 Å². The number of carbonyl (C=O) groups is 1. The molecule has 1 fully saturated rings. The van der Waals surface area contributed by atoms with Crippen molar-refractivity contribution in [3.05, 3.63) is 101 Å². The number of benzene rings is 3. The second kappa shape index (κ2) is 11.8. The summed E-state index contributed by atoms with van der Waals surface area (Å²) >= 11 is 6.18. The van der Waals surface area contributed by atoms with Crippen LogP contribution in [0.15, 0.2) is 84.9 Å². The number of rotatable bonds is 8. The summed E-state index contributed by atoms with van der Waals surface area (Å²) in [5.74, 6) is 0.112. The van der Waals surface area contributed by atoms with Gasteiger partial charge in [-0.1, -0.05) is 72.3 Å². The molecule has 0 aromatic heterocycles. The Kier molecular flexibility index (Phi) is 8.55. The number of carbonyl (C=O) groups excluding carboxylic acids is 1. The van der Waals surface area contributed by atoms with E-state index in [1.807, 2.05) is 69.3 Å². The van der Waals surface area contributed by atoms with Crippen molar-refractivity contribution in [3.63, 3.8) is 0 Å². The molecule has 5 nitrogen and oxygen atoms in total. The van der Waals surface area contributed by atoms with E-state index in [-0.39, 0.29) is 18.1 Å². The third-order valence-electron chi connectivity index (χ3n) is 6.20. The first-order valence-corrected chi connectivity index (χ1v) is 12.8. The van der Waals surface area contributed by atoms with E-state index in [1.54, 1.807) is 4.90 Å². The molecule has 2 atom stereocenters. The van der Waals surface area contributed by atoms with Crippen LogP contribution in [0.2, 0.25) is 5.02 Å². The number of ether oxygens (including phenoxy) is 2. The quantitative estimate of drug-likeness (QED) is 0.337. The number of halogens is 1. The lowest BCUT2D eigenvalue weighted by Crippen LogP contribution is -2.36. The van der Waals surface area contributed by atoms with Crippen LogP contribution < -0.4 is 4.90 Å². The minimum atomic E-state index is -0.543. The Hall–Kier alpha value is -3.02. The second-order valence-corrected chi connectivity index (χ2v) is 10.8. The predicted octanol–water partition coefficient (Wildman–Crippen LogP) is 6.80. The van der Waals surface area contributed by atoms with Gasteiger partial charge in [-0.3, -0.25) is 0 Å². The summed E-state index contributed by atoms with van der Waals surface area (Å²) in [7, 11) is 0. The van der Waals surface area contributed by atoms with Crippen LogP contribution in [-0.4, -0.2) is 42.3 Å². The van der Waals surface area contributed by atoms with Gasteiger partial charge in [0.1, 0.15) is 5.60 Å². The molecule has 0 N–H and O–H groups in total. The number of likely N-dealkylation sites (tertiary alicyclic amines) is 1. The lowest BCUT2D eigenvalue weighted by Gasteiger charge is -2.30. The summed E-state index contributed by atoms with van der Waals surface area (Å²) in [6.45, 7) is 8.74. The molecule has 1 saturated heterocycles. The van der Waals surface area contributed by atoms with Crippen molar-refractivity contribution < 1.29 is 14.3 Å². The average molecular weight is 507 g/mol. The van der Waals surface area contributed by atoms with Crippen molar-refractivity contribution in [3.8, 4) is 0 Å². The van der Waals surface area contributed by atoms with Crippen LogP contribution in [0.1, 0.15) is 31.9 Å². The molecular formula is C30H35ClN2O3. The van der Waals surface area contributed by atoms with E-state index in [9.17, 15) is 4.79 Å². The number of hydrogen-bond donors (Lipinski definition) is 0. The Balaban J connectivity index is 1.54. The molecule has 0 spiro atoms. The Labute approximate surface area is 219 Å². The van der Waals surface area contributed by atoms with Gasteiger partial charge in [0.25, 0.3) is 0 Å². The number of amides is 1. The van der Waals surface area contributed by atoms with Gasteiger partial charge < -0.3 is 19.3 Å². The monoisotopic (exact) mass is 506 g/mol. The molecule has 1 heterocycles. The molecule has 4 rings (SSSR count). The van der Waals surface area contributed by atoms with Gasteiger partial charge in [-0.15, -0.1) is 0 Å². The van der Waals surface area contributed by atoms with Crippen LogP contribution in [0.25, 0.3) is 0 Å². The van der Waals surface area contributed by atoms with Crippen LogP contribution in [0.5, 0.6) is 0 Å². The summed E-state index contributed by atoms with van der Waals surface area (Å²) in [6, 6.07) is 28.5.